The van der Waals surface area contributed by atoms with Crippen LogP contribution in [0.5, 0.6) is 0 Å². The third-order valence-electron chi connectivity index (χ3n) is 1.70. The second-order valence-electron chi connectivity index (χ2n) is 2.70. The third-order valence-corrected chi connectivity index (χ3v) is 2.15. The van der Waals surface area contributed by atoms with Gasteiger partial charge in [0.1, 0.15) is 6.61 Å². The summed E-state index contributed by atoms with van der Waals surface area (Å²) in [4.78, 5) is 21.0. The van der Waals surface area contributed by atoms with Crippen molar-refractivity contribution in [1.29, 1.82) is 0 Å². The van der Waals surface area contributed by atoms with Gasteiger partial charge in [0.15, 0.2) is 0 Å². The number of hydrogen-bond donors (Lipinski definition) is 1. The fraction of sp³-hybridized carbons (Fsp3) is 0.200. The Labute approximate surface area is 92.0 Å². The van der Waals surface area contributed by atoms with E-state index in [9.17, 15) is 9.59 Å². The number of anilines is 1. The van der Waals surface area contributed by atoms with Crippen molar-refractivity contribution >= 4 is 29.2 Å². The van der Waals surface area contributed by atoms with Crippen LogP contribution in [0, 0.1) is 0 Å². The van der Waals surface area contributed by atoms with Gasteiger partial charge in [0.05, 0.1) is 0 Å². The Bertz CT molecular complexity index is 337. The SMILES string of the molecule is CSC(=O)OCc1ccc(NC=O)cc1. The topological polar surface area (TPSA) is 55.4 Å². The molecule has 0 spiro atoms. The van der Waals surface area contributed by atoms with Crippen LogP contribution in [0.25, 0.3) is 0 Å². The van der Waals surface area contributed by atoms with Crippen molar-refractivity contribution < 1.29 is 14.3 Å². The predicted molar refractivity (Wildman–Crippen MR) is 59.8 cm³/mol. The van der Waals surface area contributed by atoms with E-state index in [0.717, 1.165) is 17.3 Å². The van der Waals surface area contributed by atoms with E-state index < -0.39 is 0 Å². The molecule has 0 unspecified atom stereocenters. The molecule has 80 valence electrons. The summed E-state index contributed by atoms with van der Waals surface area (Å²) >= 11 is 1.04. The summed E-state index contributed by atoms with van der Waals surface area (Å²) in [5.41, 5.74) is 1.60. The molecule has 1 N–H and O–H groups in total. The molecular formula is C10H11NO3S. The maximum atomic E-state index is 10.8. The molecule has 0 aromatic heterocycles. The van der Waals surface area contributed by atoms with Gasteiger partial charge in [0.25, 0.3) is 0 Å². The molecule has 0 aliphatic rings. The van der Waals surface area contributed by atoms with E-state index in [0.29, 0.717) is 12.1 Å². The second-order valence-corrected chi connectivity index (χ2v) is 3.44. The van der Waals surface area contributed by atoms with Crippen molar-refractivity contribution in [2.45, 2.75) is 6.61 Å². The van der Waals surface area contributed by atoms with E-state index in [1.54, 1.807) is 30.5 Å². The lowest BCUT2D eigenvalue weighted by Crippen LogP contribution is -1.98. The molecule has 0 radical (unpaired) electrons. The van der Waals surface area contributed by atoms with Gasteiger partial charge in [-0.05, 0) is 35.7 Å². The van der Waals surface area contributed by atoms with Crippen LogP contribution in [-0.4, -0.2) is 18.0 Å². The Hall–Kier alpha value is -1.49. The highest BCUT2D eigenvalue weighted by molar-refractivity contribution is 8.12. The zero-order valence-corrected chi connectivity index (χ0v) is 9.04. The molecule has 5 heteroatoms. The monoisotopic (exact) mass is 225 g/mol. The molecule has 0 aliphatic heterocycles. The first-order chi connectivity index (χ1) is 7.26. The largest absolute Gasteiger partial charge is 0.453 e. The summed E-state index contributed by atoms with van der Waals surface area (Å²) in [7, 11) is 0. The van der Waals surface area contributed by atoms with E-state index in [2.05, 4.69) is 5.32 Å². The van der Waals surface area contributed by atoms with E-state index in [1.807, 2.05) is 0 Å². The van der Waals surface area contributed by atoms with Gasteiger partial charge in [-0.15, -0.1) is 0 Å². The summed E-state index contributed by atoms with van der Waals surface area (Å²) < 4.78 is 4.91. The smallest absolute Gasteiger partial charge is 0.367 e. The zero-order valence-electron chi connectivity index (χ0n) is 8.23. The van der Waals surface area contributed by atoms with Crippen LogP contribution < -0.4 is 5.32 Å². The average Bonchev–Trinajstić information content (AvgIpc) is 2.28. The number of hydrogen-bond acceptors (Lipinski definition) is 4. The minimum Gasteiger partial charge on any atom is -0.453 e. The van der Waals surface area contributed by atoms with Gasteiger partial charge < -0.3 is 10.1 Å². The summed E-state index contributed by atoms with van der Waals surface area (Å²) in [6.07, 6.45) is 2.28. The lowest BCUT2D eigenvalue weighted by Gasteiger charge is -2.03. The second kappa shape index (κ2) is 6.08. The van der Waals surface area contributed by atoms with Crippen LogP contribution in [0.1, 0.15) is 5.56 Å². The van der Waals surface area contributed by atoms with Gasteiger partial charge in [0.2, 0.25) is 6.41 Å². The molecule has 0 saturated heterocycles. The Morgan fingerprint density at radius 1 is 1.47 bits per heavy atom. The van der Waals surface area contributed by atoms with Crippen LogP contribution in [0.4, 0.5) is 10.5 Å². The van der Waals surface area contributed by atoms with Crippen molar-refractivity contribution in [1.82, 2.24) is 0 Å². The number of thioether (sulfide) groups is 1. The van der Waals surface area contributed by atoms with Gasteiger partial charge in [-0.1, -0.05) is 12.1 Å². The zero-order chi connectivity index (χ0) is 11.1. The fourth-order valence-corrected chi connectivity index (χ4v) is 1.14. The fourth-order valence-electron chi connectivity index (χ4n) is 0.966. The minimum absolute atomic E-state index is 0.251. The molecule has 1 amide bonds. The van der Waals surface area contributed by atoms with Crippen LogP contribution >= 0.6 is 11.8 Å². The quantitative estimate of drug-likeness (QED) is 0.630. The molecule has 0 bridgehead atoms. The van der Waals surface area contributed by atoms with Gasteiger partial charge in [-0.2, -0.15) is 0 Å². The van der Waals surface area contributed by atoms with E-state index in [1.165, 1.54) is 0 Å². The molecule has 0 saturated carbocycles. The van der Waals surface area contributed by atoms with Crippen molar-refractivity contribution in [3.63, 3.8) is 0 Å². The number of nitrogens with one attached hydrogen (secondary N) is 1. The standard InChI is InChI=1S/C10H11NO3S/c1-15-10(13)14-6-8-2-4-9(5-3-8)11-7-12/h2-5,7H,6H2,1H3,(H,11,12). The molecule has 1 rings (SSSR count). The number of ether oxygens (including phenoxy) is 1. The number of rotatable bonds is 4. The van der Waals surface area contributed by atoms with Gasteiger partial charge in [-0.3, -0.25) is 4.79 Å². The van der Waals surface area contributed by atoms with Crippen molar-refractivity contribution in [2.24, 2.45) is 0 Å². The molecule has 0 atom stereocenters. The number of carbonyl (C=O) groups excluding carboxylic acids is 2. The Balaban J connectivity index is 2.49. The summed E-state index contributed by atoms with van der Waals surface area (Å²) in [5, 5.41) is 2.22. The third kappa shape index (κ3) is 4.03. The van der Waals surface area contributed by atoms with Crippen LogP contribution in [0.2, 0.25) is 0 Å². The summed E-state index contributed by atoms with van der Waals surface area (Å²) in [5.74, 6) is 0. The molecule has 0 aliphatic carbocycles. The molecule has 1 aromatic rings. The molecular weight excluding hydrogens is 214 g/mol. The lowest BCUT2D eigenvalue weighted by molar-refractivity contribution is -0.105. The Morgan fingerprint density at radius 2 is 2.13 bits per heavy atom. The first kappa shape index (κ1) is 11.6. The number of benzene rings is 1. The van der Waals surface area contributed by atoms with Crippen LogP contribution in [-0.2, 0) is 16.1 Å². The normalized spacial score (nSPS) is 9.40. The highest BCUT2D eigenvalue weighted by Crippen LogP contribution is 2.10. The average molecular weight is 225 g/mol. The van der Waals surface area contributed by atoms with Crippen molar-refractivity contribution in [3.8, 4) is 0 Å². The number of carbonyl (C=O) groups is 2. The molecule has 15 heavy (non-hydrogen) atoms. The Morgan fingerprint density at radius 3 is 2.67 bits per heavy atom. The first-order valence-electron chi connectivity index (χ1n) is 4.26. The summed E-state index contributed by atoms with van der Waals surface area (Å²) in [6, 6.07) is 7.08. The van der Waals surface area contributed by atoms with E-state index in [4.69, 9.17) is 4.74 Å². The first-order valence-corrected chi connectivity index (χ1v) is 5.48. The molecule has 0 fully saturated rings. The van der Waals surface area contributed by atoms with E-state index >= 15 is 0 Å². The van der Waals surface area contributed by atoms with Crippen molar-refractivity contribution in [3.05, 3.63) is 29.8 Å². The summed E-state index contributed by atoms with van der Waals surface area (Å²) in [6.45, 7) is 0.251. The van der Waals surface area contributed by atoms with Crippen LogP contribution in [0.15, 0.2) is 24.3 Å². The van der Waals surface area contributed by atoms with E-state index in [-0.39, 0.29) is 11.9 Å². The maximum absolute atomic E-state index is 10.8. The molecule has 1 aromatic carbocycles. The Kier molecular flexibility index (Phi) is 4.70. The molecule has 0 heterocycles. The minimum atomic E-state index is -0.301. The highest BCUT2D eigenvalue weighted by atomic mass is 32.2. The van der Waals surface area contributed by atoms with Crippen LogP contribution in [0.3, 0.4) is 0 Å². The highest BCUT2D eigenvalue weighted by Gasteiger charge is 2.00. The maximum Gasteiger partial charge on any atom is 0.367 e. The molecule has 4 nitrogen and oxygen atoms in total. The van der Waals surface area contributed by atoms with Gasteiger partial charge >= 0.3 is 5.30 Å². The predicted octanol–water partition coefficient (Wildman–Crippen LogP) is 2.25. The van der Waals surface area contributed by atoms with Crippen molar-refractivity contribution in [2.75, 3.05) is 11.6 Å². The van der Waals surface area contributed by atoms with Gasteiger partial charge in [-0.25, -0.2) is 4.79 Å². The lowest BCUT2D eigenvalue weighted by atomic mass is 10.2. The van der Waals surface area contributed by atoms with Gasteiger partial charge in [0, 0.05) is 5.69 Å². The number of amides is 1.